The van der Waals surface area contributed by atoms with E-state index >= 15 is 0 Å². The summed E-state index contributed by atoms with van der Waals surface area (Å²) in [6.07, 6.45) is 0.973. The van der Waals surface area contributed by atoms with Crippen molar-refractivity contribution in [2.75, 3.05) is 34.5 Å². The first-order valence-electron chi connectivity index (χ1n) is 9.35. The average Bonchev–Trinajstić information content (AvgIpc) is 3.17. The van der Waals surface area contributed by atoms with Gasteiger partial charge in [0, 0.05) is 12.5 Å². The third kappa shape index (κ3) is 3.26. The van der Waals surface area contributed by atoms with Gasteiger partial charge in [-0.05, 0) is 35.6 Å². The second kappa shape index (κ2) is 7.79. The molecule has 27 heavy (non-hydrogen) atoms. The Labute approximate surface area is 160 Å². The van der Waals surface area contributed by atoms with Gasteiger partial charge in [0.2, 0.25) is 5.75 Å². The van der Waals surface area contributed by atoms with Gasteiger partial charge in [0.05, 0.1) is 40.1 Å². The largest absolute Gasteiger partial charge is 0.493 e. The van der Waals surface area contributed by atoms with E-state index in [1.54, 1.807) is 21.3 Å². The Kier molecular flexibility index (Phi) is 5.23. The molecule has 2 aliphatic heterocycles. The van der Waals surface area contributed by atoms with Crippen molar-refractivity contribution in [2.45, 2.75) is 18.6 Å². The minimum atomic E-state index is -0.0786. The SMILES string of the molecule is COc1cc([C@H]2OCC[C@H]3CO[C@@H](c4ccccc4)[C@@H]32)cc(OC)c1OC. The van der Waals surface area contributed by atoms with Crippen molar-refractivity contribution >= 4 is 0 Å². The Hall–Kier alpha value is -2.24. The number of hydrogen-bond donors (Lipinski definition) is 0. The molecule has 4 atom stereocenters. The molecule has 5 nitrogen and oxygen atoms in total. The van der Waals surface area contributed by atoms with Gasteiger partial charge in [-0.15, -0.1) is 0 Å². The maximum Gasteiger partial charge on any atom is 0.203 e. The van der Waals surface area contributed by atoms with E-state index in [0.717, 1.165) is 25.2 Å². The molecule has 2 aromatic carbocycles. The van der Waals surface area contributed by atoms with Crippen molar-refractivity contribution in [3.63, 3.8) is 0 Å². The highest BCUT2D eigenvalue weighted by molar-refractivity contribution is 5.54. The smallest absolute Gasteiger partial charge is 0.203 e. The molecule has 0 unspecified atom stereocenters. The highest BCUT2D eigenvalue weighted by Crippen LogP contribution is 2.52. The number of fused-ring (bicyclic) bond motifs is 1. The zero-order valence-electron chi connectivity index (χ0n) is 16.0. The van der Waals surface area contributed by atoms with E-state index < -0.39 is 0 Å². The molecule has 0 aliphatic carbocycles. The van der Waals surface area contributed by atoms with Crippen LogP contribution in [-0.2, 0) is 9.47 Å². The summed E-state index contributed by atoms with van der Waals surface area (Å²) in [7, 11) is 4.89. The molecule has 2 fully saturated rings. The molecule has 0 aromatic heterocycles. The van der Waals surface area contributed by atoms with Crippen LogP contribution in [0.15, 0.2) is 42.5 Å². The molecule has 0 amide bonds. The average molecular weight is 370 g/mol. The van der Waals surface area contributed by atoms with Gasteiger partial charge < -0.3 is 23.7 Å². The van der Waals surface area contributed by atoms with Crippen molar-refractivity contribution in [1.82, 2.24) is 0 Å². The molecule has 2 aliphatic rings. The Balaban J connectivity index is 1.74. The van der Waals surface area contributed by atoms with Gasteiger partial charge in [-0.25, -0.2) is 0 Å². The number of ether oxygens (including phenoxy) is 5. The molecule has 144 valence electrons. The van der Waals surface area contributed by atoms with Crippen LogP contribution < -0.4 is 14.2 Å². The minimum Gasteiger partial charge on any atom is -0.493 e. The van der Waals surface area contributed by atoms with Gasteiger partial charge in [-0.2, -0.15) is 0 Å². The van der Waals surface area contributed by atoms with Crippen molar-refractivity contribution in [3.8, 4) is 17.2 Å². The monoisotopic (exact) mass is 370 g/mol. The molecule has 0 spiro atoms. The van der Waals surface area contributed by atoms with E-state index in [4.69, 9.17) is 23.7 Å². The zero-order chi connectivity index (χ0) is 18.8. The van der Waals surface area contributed by atoms with Gasteiger partial charge in [0.25, 0.3) is 0 Å². The van der Waals surface area contributed by atoms with Crippen LogP contribution in [-0.4, -0.2) is 34.5 Å². The summed E-state index contributed by atoms with van der Waals surface area (Å²) in [6.45, 7) is 1.50. The first kappa shape index (κ1) is 18.1. The van der Waals surface area contributed by atoms with E-state index in [1.807, 2.05) is 18.2 Å². The van der Waals surface area contributed by atoms with Gasteiger partial charge in [0.15, 0.2) is 11.5 Å². The van der Waals surface area contributed by atoms with E-state index in [0.29, 0.717) is 23.2 Å². The van der Waals surface area contributed by atoms with Crippen molar-refractivity contribution in [3.05, 3.63) is 53.6 Å². The number of rotatable bonds is 5. The molecule has 0 N–H and O–H groups in total. The quantitative estimate of drug-likeness (QED) is 0.790. The lowest BCUT2D eigenvalue weighted by molar-refractivity contribution is -0.0607. The van der Waals surface area contributed by atoms with E-state index in [-0.39, 0.29) is 18.1 Å². The first-order chi connectivity index (χ1) is 13.3. The van der Waals surface area contributed by atoms with Crippen LogP contribution in [0.3, 0.4) is 0 Å². The zero-order valence-corrected chi connectivity index (χ0v) is 16.0. The van der Waals surface area contributed by atoms with E-state index in [9.17, 15) is 0 Å². The molecule has 2 saturated heterocycles. The minimum absolute atomic E-state index is 0.0283. The fourth-order valence-electron chi connectivity index (χ4n) is 4.38. The lowest BCUT2D eigenvalue weighted by Crippen LogP contribution is -2.31. The Morgan fingerprint density at radius 2 is 1.48 bits per heavy atom. The van der Waals surface area contributed by atoms with Crippen LogP contribution in [0.5, 0.6) is 17.2 Å². The molecule has 0 radical (unpaired) electrons. The summed E-state index contributed by atoms with van der Waals surface area (Å²) < 4.78 is 29.0. The number of benzene rings is 2. The second-order valence-corrected chi connectivity index (χ2v) is 7.04. The summed E-state index contributed by atoms with van der Waals surface area (Å²) in [4.78, 5) is 0. The molecule has 0 saturated carbocycles. The van der Waals surface area contributed by atoms with Gasteiger partial charge in [-0.3, -0.25) is 0 Å². The van der Waals surface area contributed by atoms with Crippen LogP contribution in [0.2, 0.25) is 0 Å². The van der Waals surface area contributed by atoms with E-state index in [2.05, 4.69) is 24.3 Å². The van der Waals surface area contributed by atoms with Crippen LogP contribution in [0, 0.1) is 11.8 Å². The summed E-state index contributed by atoms with van der Waals surface area (Å²) in [5.74, 6) is 2.62. The third-order valence-electron chi connectivity index (χ3n) is 5.66. The normalized spacial score (nSPS) is 27.1. The van der Waals surface area contributed by atoms with Crippen LogP contribution in [0.25, 0.3) is 0 Å². The Morgan fingerprint density at radius 1 is 0.815 bits per heavy atom. The predicted molar refractivity (Wildman–Crippen MR) is 102 cm³/mol. The topological polar surface area (TPSA) is 46.2 Å². The standard InChI is InChI=1S/C22H26O5/c1-23-17-11-16(12-18(24-2)22(17)25-3)21-19-15(9-10-26-21)13-27-20(19)14-7-5-4-6-8-14/h4-8,11-12,15,19-21H,9-10,13H2,1-3H3/t15-,19+,20-,21+/m0/s1. The summed E-state index contributed by atoms with van der Waals surface area (Å²) in [5, 5.41) is 0. The first-order valence-corrected chi connectivity index (χ1v) is 9.35. The molecule has 0 bridgehead atoms. The molecular formula is C22H26O5. The van der Waals surface area contributed by atoms with Crippen molar-refractivity contribution in [1.29, 1.82) is 0 Å². The van der Waals surface area contributed by atoms with Gasteiger partial charge in [0.1, 0.15) is 0 Å². The molecule has 5 heteroatoms. The fraction of sp³-hybridized carbons (Fsp3) is 0.455. The van der Waals surface area contributed by atoms with Gasteiger partial charge >= 0.3 is 0 Å². The Morgan fingerprint density at radius 3 is 2.11 bits per heavy atom. The highest BCUT2D eigenvalue weighted by Gasteiger charge is 2.46. The lowest BCUT2D eigenvalue weighted by atomic mass is 9.77. The lowest BCUT2D eigenvalue weighted by Gasteiger charge is -2.36. The van der Waals surface area contributed by atoms with Crippen LogP contribution in [0.4, 0.5) is 0 Å². The second-order valence-electron chi connectivity index (χ2n) is 7.04. The maximum absolute atomic E-state index is 6.27. The molecular weight excluding hydrogens is 344 g/mol. The molecule has 2 aromatic rings. The molecule has 4 rings (SSSR count). The third-order valence-corrected chi connectivity index (χ3v) is 5.66. The summed E-state index contributed by atoms with van der Waals surface area (Å²) in [5.41, 5.74) is 2.23. The van der Waals surface area contributed by atoms with Crippen LogP contribution in [0.1, 0.15) is 29.8 Å². The predicted octanol–water partition coefficient (Wildman–Crippen LogP) is 4.18. The highest BCUT2D eigenvalue weighted by atomic mass is 16.5. The fourth-order valence-corrected chi connectivity index (χ4v) is 4.38. The van der Waals surface area contributed by atoms with Gasteiger partial charge in [-0.1, -0.05) is 30.3 Å². The summed E-state index contributed by atoms with van der Waals surface area (Å²) >= 11 is 0. The van der Waals surface area contributed by atoms with Crippen molar-refractivity contribution in [2.24, 2.45) is 11.8 Å². The Bertz CT molecular complexity index is 751. The number of hydrogen-bond acceptors (Lipinski definition) is 5. The number of methoxy groups -OCH3 is 3. The molecule has 2 heterocycles. The van der Waals surface area contributed by atoms with Crippen LogP contribution >= 0.6 is 0 Å². The van der Waals surface area contributed by atoms with Crippen molar-refractivity contribution < 1.29 is 23.7 Å². The van der Waals surface area contributed by atoms with E-state index in [1.165, 1.54) is 5.56 Å². The summed E-state index contributed by atoms with van der Waals surface area (Å²) in [6, 6.07) is 14.4. The maximum atomic E-state index is 6.27.